The third-order valence-corrected chi connectivity index (χ3v) is 5.46. The molecule has 2 atom stereocenters. The van der Waals surface area contributed by atoms with Crippen LogP contribution < -0.4 is 0 Å². The Morgan fingerprint density at radius 3 is 2.83 bits per heavy atom. The topological polar surface area (TPSA) is 66.8 Å². The van der Waals surface area contributed by atoms with Crippen LogP contribution in [-0.2, 0) is 14.8 Å². The van der Waals surface area contributed by atoms with E-state index in [1.54, 1.807) is 4.31 Å². The predicted octanol–water partition coefficient (Wildman–Crippen LogP) is 0.447. The lowest BCUT2D eigenvalue weighted by Gasteiger charge is -2.36. The second-order valence-corrected chi connectivity index (χ2v) is 7.78. The molecule has 0 aliphatic carbocycles. The van der Waals surface area contributed by atoms with Crippen molar-refractivity contribution in [3.63, 3.8) is 0 Å². The standard InChI is InChI=1S/C12H23NO4S/c1-18(15,16)13-5-2-3-11(8-13)7-12(9-14)4-6-17-10-12/h11,14H,2-10H2,1H3. The largest absolute Gasteiger partial charge is 0.396 e. The lowest BCUT2D eigenvalue weighted by molar-refractivity contribution is 0.0626. The molecule has 0 aromatic carbocycles. The summed E-state index contributed by atoms with van der Waals surface area (Å²) in [5.74, 6) is 0.349. The van der Waals surface area contributed by atoms with Gasteiger partial charge in [0.15, 0.2) is 0 Å². The molecule has 2 aliphatic heterocycles. The van der Waals surface area contributed by atoms with E-state index in [0.717, 1.165) is 25.7 Å². The smallest absolute Gasteiger partial charge is 0.211 e. The molecule has 0 bridgehead atoms. The number of nitrogens with zero attached hydrogens (tertiary/aromatic N) is 1. The maximum absolute atomic E-state index is 11.6. The van der Waals surface area contributed by atoms with Gasteiger partial charge in [-0.15, -0.1) is 0 Å². The highest BCUT2D eigenvalue weighted by Gasteiger charge is 2.38. The van der Waals surface area contributed by atoms with Crippen molar-refractivity contribution < 1.29 is 18.3 Å². The molecule has 6 heteroatoms. The second-order valence-electron chi connectivity index (χ2n) is 5.79. The van der Waals surface area contributed by atoms with Crippen LogP contribution in [0.5, 0.6) is 0 Å². The van der Waals surface area contributed by atoms with Gasteiger partial charge in [0, 0.05) is 25.1 Å². The van der Waals surface area contributed by atoms with E-state index >= 15 is 0 Å². The quantitative estimate of drug-likeness (QED) is 0.810. The Kier molecular flexibility index (Phi) is 4.31. The molecule has 0 spiro atoms. The Bertz CT molecular complexity index is 376. The van der Waals surface area contributed by atoms with E-state index in [9.17, 15) is 13.5 Å². The van der Waals surface area contributed by atoms with Crippen LogP contribution in [0.1, 0.15) is 25.7 Å². The number of sulfonamides is 1. The summed E-state index contributed by atoms with van der Waals surface area (Å²) in [5.41, 5.74) is -0.134. The highest BCUT2D eigenvalue weighted by Crippen LogP contribution is 2.37. The molecule has 106 valence electrons. The van der Waals surface area contributed by atoms with Gasteiger partial charge >= 0.3 is 0 Å². The highest BCUT2D eigenvalue weighted by molar-refractivity contribution is 7.88. The number of aliphatic hydroxyl groups excluding tert-OH is 1. The minimum Gasteiger partial charge on any atom is -0.396 e. The zero-order chi connectivity index (χ0) is 13.2. The van der Waals surface area contributed by atoms with Crippen LogP contribution in [0.2, 0.25) is 0 Å². The van der Waals surface area contributed by atoms with Crippen LogP contribution in [0.25, 0.3) is 0 Å². The Balaban J connectivity index is 1.97. The minimum atomic E-state index is -3.08. The average molecular weight is 277 g/mol. The van der Waals surface area contributed by atoms with Crippen molar-refractivity contribution in [3.8, 4) is 0 Å². The van der Waals surface area contributed by atoms with E-state index in [-0.39, 0.29) is 12.0 Å². The third kappa shape index (κ3) is 3.23. The van der Waals surface area contributed by atoms with Gasteiger partial charge in [0.1, 0.15) is 0 Å². The molecule has 2 saturated heterocycles. The molecule has 0 saturated carbocycles. The molecule has 0 amide bonds. The first kappa shape index (κ1) is 14.2. The Labute approximate surface area is 109 Å². The number of rotatable bonds is 4. The van der Waals surface area contributed by atoms with E-state index < -0.39 is 10.0 Å². The lowest BCUT2D eigenvalue weighted by Crippen LogP contribution is -2.41. The number of hydrogen-bond donors (Lipinski definition) is 1. The van der Waals surface area contributed by atoms with Gasteiger partial charge in [-0.05, 0) is 31.6 Å². The SMILES string of the molecule is CS(=O)(=O)N1CCCC(CC2(CO)CCOC2)C1. The Morgan fingerprint density at radius 1 is 1.50 bits per heavy atom. The lowest BCUT2D eigenvalue weighted by atomic mass is 9.77. The first-order valence-corrected chi connectivity index (χ1v) is 8.44. The molecule has 2 aliphatic rings. The van der Waals surface area contributed by atoms with Crippen molar-refractivity contribution in [2.45, 2.75) is 25.7 Å². The van der Waals surface area contributed by atoms with Crippen molar-refractivity contribution in [3.05, 3.63) is 0 Å². The van der Waals surface area contributed by atoms with Gasteiger partial charge < -0.3 is 9.84 Å². The summed E-state index contributed by atoms with van der Waals surface area (Å²) in [4.78, 5) is 0. The minimum absolute atomic E-state index is 0.134. The molecule has 0 radical (unpaired) electrons. The Morgan fingerprint density at radius 2 is 2.28 bits per heavy atom. The van der Waals surface area contributed by atoms with Crippen LogP contribution in [0.4, 0.5) is 0 Å². The van der Waals surface area contributed by atoms with Gasteiger partial charge in [0.05, 0.1) is 19.5 Å². The number of ether oxygens (including phenoxy) is 1. The molecular formula is C12H23NO4S. The monoisotopic (exact) mass is 277 g/mol. The summed E-state index contributed by atoms with van der Waals surface area (Å²) in [7, 11) is -3.08. The number of aliphatic hydroxyl groups is 1. The third-order valence-electron chi connectivity index (χ3n) is 4.19. The summed E-state index contributed by atoms with van der Waals surface area (Å²) in [6.45, 7) is 2.70. The molecule has 0 aromatic heterocycles. The van der Waals surface area contributed by atoms with Gasteiger partial charge in [0.25, 0.3) is 0 Å². The van der Waals surface area contributed by atoms with E-state index in [2.05, 4.69) is 0 Å². The van der Waals surface area contributed by atoms with Crippen LogP contribution >= 0.6 is 0 Å². The van der Waals surface area contributed by atoms with Crippen LogP contribution in [0, 0.1) is 11.3 Å². The molecule has 2 unspecified atom stereocenters. The van der Waals surface area contributed by atoms with E-state index in [1.807, 2.05) is 0 Å². The van der Waals surface area contributed by atoms with Gasteiger partial charge in [0.2, 0.25) is 10.0 Å². The fraction of sp³-hybridized carbons (Fsp3) is 1.00. The van der Waals surface area contributed by atoms with E-state index in [4.69, 9.17) is 4.74 Å². The first-order valence-electron chi connectivity index (χ1n) is 6.59. The van der Waals surface area contributed by atoms with E-state index in [0.29, 0.717) is 32.2 Å². The summed E-state index contributed by atoms with van der Waals surface area (Å²) in [6, 6.07) is 0. The van der Waals surface area contributed by atoms with Crippen molar-refractivity contribution in [2.24, 2.45) is 11.3 Å². The van der Waals surface area contributed by atoms with Crippen molar-refractivity contribution >= 4 is 10.0 Å². The first-order chi connectivity index (χ1) is 8.45. The summed E-state index contributed by atoms with van der Waals surface area (Å²) < 4.78 is 30.1. The predicted molar refractivity (Wildman–Crippen MR) is 68.7 cm³/mol. The molecule has 5 nitrogen and oxygen atoms in total. The van der Waals surface area contributed by atoms with Crippen molar-refractivity contribution in [1.29, 1.82) is 0 Å². The highest BCUT2D eigenvalue weighted by atomic mass is 32.2. The number of piperidine rings is 1. The van der Waals surface area contributed by atoms with Crippen LogP contribution in [-0.4, -0.2) is 57.0 Å². The molecule has 2 rings (SSSR count). The molecule has 18 heavy (non-hydrogen) atoms. The van der Waals surface area contributed by atoms with E-state index in [1.165, 1.54) is 6.26 Å². The van der Waals surface area contributed by atoms with Gasteiger partial charge in [-0.25, -0.2) is 12.7 Å². The summed E-state index contributed by atoms with van der Waals surface area (Å²) in [5, 5.41) is 9.56. The van der Waals surface area contributed by atoms with Gasteiger partial charge in [-0.1, -0.05) is 0 Å². The molecule has 2 heterocycles. The molecule has 0 aromatic rings. The molecular weight excluding hydrogens is 254 g/mol. The normalized spacial score (nSPS) is 34.9. The van der Waals surface area contributed by atoms with Gasteiger partial charge in [-0.3, -0.25) is 0 Å². The van der Waals surface area contributed by atoms with Crippen LogP contribution in [0.3, 0.4) is 0 Å². The van der Waals surface area contributed by atoms with Gasteiger partial charge in [-0.2, -0.15) is 0 Å². The fourth-order valence-electron chi connectivity index (χ4n) is 3.11. The maximum atomic E-state index is 11.6. The van der Waals surface area contributed by atoms with Crippen molar-refractivity contribution in [1.82, 2.24) is 4.31 Å². The average Bonchev–Trinajstić information content (AvgIpc) is 2.77. The molecule has 1 N–H and O–H groups in total. The zero-order valence-corrected chi connectivity index (χ0v) is 11.8. The zero-order valence-electron chi connectivity index (χ0n) is 11.0. The van der Waals surface area contributed by atoms with Crippen molar-refractivity contribution in [2.75, 3.05) is 39.2 Å². The summed E-state index contributed by atoms with van der Waals surface area (Å²) in [6.07, 6.45) is 5.00. The maximum Gasteiger partial charge on any atom is 0.211 e. The van der Waals surface area contributed by atoms with Crippen LogP contribution in [0.15, 0.2) is 0 Å². The summed E-state index contributed by atoms with van der Waals surface area (Å²) >= 11 is 0. The number of hydrogen-bond acceptors (Lipinski definition) is 4. The Hall–Kier alpha value is -0.170. The fourth-order valence-corrected chi connectivity index (χ4v) is 4.05. The second kappa shape index (κ2) is 5.45. The molecule has 2 fully saturated rings.